The van der Waals surface area contributed by atoms with Crippen LogP contribution in [0.2, 0.25) is 5.02 Å². The van der Waals surface area contributed by atoms with E-state index >= 15 is 0 Å². The van der Waals surface area contributed by atoms with Crippen molar-refractivity contribution in [3.8, 4) is 11.8 Å². The molecule has 24 heavy (non-hydrogen) atoms. The number of benzene rings is 2. The van der Waals surface area contributed by atoms with E-state index in [4.69, 9.17) is 21.6 Å². The van der Waals surface area contributed by atoms with E-state index in [0.29, 0.717) is 41.6 Å². The van der Waals surface area contributed by atoms with Gasteiger partial charge < -0.3 is 15.4 Å². The van der Waals surface area contributed by atoms with Gasteiger partial charge in [0.2, 0.25) is 0 Å². The van der Waals surface area contributed by atoms with Crippen molar-refractivity contribution >= 4 is 39.2 Å². The van der Waals surface area contributed by atoms with Crippen LogP contribution in [0.5, 0.6) is 5.75 Å². The van der Waals surface area contributed by atoms with Crippen LogP contribution in [-0.2, 0) is 0 Å². The summed E-state index contributed by atoms with van der Waals surface area (Å²) in [6, 6.07) is 13.9. The molecule has 0 atom stereocenters. The van der Waals surface area contributed by atoms with Crippen LogP contribution in [-0.4, -0.2) is 19.2 Å². The van der Waals surface area contributed by atoms with E-state index in [1.807, 2.05) is 12.1 Å². The summed E-state index contributed by atoms with van der Waals surface area (Å²) in [7, 11) is 0. The van der Waals surface area contributed by atoms with Gasteiger partial charge in [0.15, 0.2) is 0 Å². The number of hydrogen-bond donors (Lipinski definition) is 2. The van der Waals surface area contributed by atoms with Crippen molar-refractivity contribution in [1.29, 1.82) is 5.26 Å². The van der Waals surface area contributed by atoms with E-state index < -0.39 is 0 Å². The maximum Gasteiger partial charge on any atom is 0.319 e. The molecule has 0 bridgehead atoms. The number of urea groups is 1. The quantitative estimate of drug-likeness (QED) is 0.688. The first-order valence-corrected chi connectivity index (χ1v) is 8.39. The van der Waals surface area contributed by atoms with Crippen molar-refractivity contribution in [2.75, 3.05) is 18.5 Å². The smallest absolute Gasteiger partial charge is 0.319 e. The van der Waals surface area contributed by atoms with Crippen molar-refractivity contribution in [3.05, 3.63) is 57.5 Å². The Morgan fingerprint density at radius 3 is 2.83 bits per heavy atom. The Kier molecular flexibility index (Phi) is 6.91. The van der Waals surface area contributed by atoms with Gasteiger partial charge in [0, 0.05) is 11.0 Å². The number of amides is 2. The normalized spacial score (nSPS) is 9.88. The van der Waals surface area contributed by atoms with Crippen LogP contribution in [0.15, 0.2) is 46.9 Å². The predicted octanol–water partition coefficient (Wildman–Crippen LogP) is 4.56. The summed E-state index contributed by atoms with van der Waals surface area (Å²) in [4.78, 5) is 11.8. The van der Waals surface area contributed by atoms with Gasteiger partial charge >= 0.3 is 6.03 Å². The summed E-state index contributed by atoms with van der Waals surface area (Å²) in [5.41, 5.74) is 0.899. The van der Waals surface area contributed by atoms with Crippen molar-refractivity contribution in [3.63, 3.8) is 0 Å². The van der Waals surface area contributed by atoms with Crippen LogP contribution in [0.25, 0.3) is 0 Å². The summed E-state index contributed by atoms with van der Waals surface area (Å²) in [6.07, 6.45) is 0.625. The zero-order valence-corrected chi connectivity index (χ0v) is 15.0. The lowest BCUT2D eigenvalue weighted by molar-refractivity contribution is 0.250. The van der Waals surface area contributed by atoms with Gasteiger partial charge in [-0.2, -0.15) is 5.26 Å². The molecule has 2 aromatic rings. The molecular formula is C17H15BrClN3O2. The summed E-state index contributed by atoms with van der Waals surface area (Å²) < 4.78 is 6.45. The third-order valence-corrected chi connectivity index (χ3v) is 3.84. The highest BCUT2D eigenvalue weighted by Gasteiger charge is 2.06. The second-order valence-corrected chi connectivity index (χ2v) is 6.14. The molecule has 0 saturated heterocycles. The lowest BCUT2D eigenvalue weighted by atomic mass is 10.2. The molecule has 2 aromatic carbocycles. The molecule has 124 valence electrons. The van der Waals surface area contributed by atoms with Gasteiger partial charge in [-0.15, -0.1) is 0 Å². The van der Waals surface area contributed by atoms with E-state index in [9.17, 15) is 4.79 Å². The molecule has 0 aromatic heterocycles. The third kappa shape index (κ3) is 5.44. The minimum Gasteiger partial charge on any atom is -0.492 e. The summed E-state index contributed by atoms with van der Waals surface area (Å²) in [5, 5.41) is 14.9. The van der Waals surface area contributed by atoms with Gasteiger partial charge in [-0.25, -0.2) is 4.79 Å². The molecule has 0 radical (unpaired) electrons. The minimum atomic E-state index is -0.362. The number of hydrogen-bond acceptors (Lipinski definition) is 3. The van der Waals surface area contributed by atoms with Gasteiger partial charge in [-0.05, 0) is 36.8 Å². The third-order valence-electron chi connectivity index (χ3n) is 3.05. The van der Waals surface area contributed by atoms with Gasteiger partial charge in [-0.3, -0.25) is 0 Å². The lowest BCUT2D eigenvalue weighted by Gasteiger charge is -2.10. The second-order valence-electron chi connectivity index (χ2n) is 4.82. The molecule has 5 nitrogen and oxygen atoms in total. The minimum absolute atomic E-state index is 0.362. The maximum atomic E-state index is 11.8. The molecule has 7 heteroatoms. The van der Waals surface area contributed by atoms with Crippen LogP contribution in [0.3, 0.4) is 0 Å². The molecular weight excluding hydrogens is 394 g/mol. The number of anilines is 1. The van der Waals surface area contributed by atoms with Gasteiger partial charge in [0.25, 0.3) is 0 Å². The SMILES string of the molecule is N#Cc1ccccc1NC(=O)NCCCOc1ccc(Br)cc1Cl. The standard InChI is InChI=1S/C17H15BrClN3O2/c18-13-6-7-16(14(19)10-13)24-9-3-8-21-17(23)22-15-5-2-1-4-12(15)11-20/h1-2,4-7,10H,3,8-9H2,(H2,21,22,23). The number of nitrogens with one attached hydrogen (secondary N) is 2. The summed E-state index contributed by atoms with van der Waals surface area (Å²) >= 11 is 9.38. The molecule has 0 aliphatic carbocycles. The fourth-order valence-electron chi connectivity index (χ4n) is 1.90. The van der Waals surface area contributed by atoms with Crippen LogP contribution < -0.4 is 15.4 Å². The zero-order valence-electron chi connectivity index (χ0n) is 12.7. The number of carbonyl (C=O) groups is 1. The molecule has 0 unspecified atom stereocenters. The maximum absolute atomic E-state index is 11.8. The molecule has 0 heterocycles. The average Bonchev–Trinajstić information content (AvgIpc) is 2.57. The number of nitrogens with zero attached hydrogens (tertiary/aromatic N) is 1. The first-order valence-electron chi connectivity index (χ1n) is 7.22. The molecule has 2 rings (SSSR count). The number of nitriles is 1. The largest absolute Gasteiger partial charge is 0.492 e. The van der Waals surface area contributed by atoms with E-state index in [-0.39, 0.29) is 6.03 Å². The van der Waals surface area contributed by atoms with Gasteiger partial charge in [0.1, 0.15) is 11.8 Å². The Balaban J connectivity index is 1.70. The van der Waals surface area contributed by atoms with Gasteiger partial charge in [0.05, 0.1) is 22.9 Å². The molecule has 0 spiro atoms. The highest BCUT2D eigenvalue weighted by Crippen LogP contribution is 2.27. The number of carbonyl (C=O) groups excluding carboxylic acids is 1. The summed E-state index contributed by atoms with van der Waals surface area (Å²) in [6.45, 7) is 0.866. The Morgan fingerprint density at radius 2 is 2.08 bits per heavy atom. The van der Waals surface area contributed by atoms with E-state index in [1.165, 1.54) is 0 Å². The Bertz CT molecular complexity index is 762. The zero-order chi connectivity index (χ0) is 17.4. The van der Waals surface area contributed by atoms with Crippen molar-refractivity contribution in [1.82, 2.24) is 5.32 Å². The first-order chi connectivity index (χ1) is 11.6. The molecule has 0 saturated carbocycles. The Labute approximate surface area is 153 Å². The fraction of sp³-hybridized carbons (Fsp3) is 0.176. The van der Waals surface area contributed by atoms with Crippen LogP contribution in [0.4, 0.5) is 10.5 Å². The van der Waals surface area contributed by atoms with Crippen LogP contribution >= 0.6 is 27.5 Å². The number of halogens is 2. The summed E-state index contributed by atoms with van der Waals surface area (Å²) in [5.74, 6) is 0.604. The molecule has 0 aliphatic rings. The van der Waals surface area contributed by atoms with Crippen molar-refractivity contribution in [2.24, 2.45) is 0 Å². The number of rotatable bonds is 6. The molecule has 2 N–H and O–H groups in total. The highest BCUT2D eigenvalue weighted by atomic mass is 79.9. The van der Waals surface area contributed by atoms with E-state index in [2.05, 4.69) is 26.6 Å². The van der Waals surface area contributed by atoms with Crippen molar-refractivity contribution in [2.45, 2.75) is 6.42 Å². The Morgan fingerprint density at radius 1 is 1.29 bits per heavy atom. The monoisotopic (exact) mass is 407 g/mol. The average molecular weight is 409 g/mol. The second kappa shape index (κ2) is 9.16. The molecule has 0 fully saturated rings. The van der Waals surface area contributed by atoms with Gasteiger partial charge in [-0.1, -0.05) is 39.7 Å². The van der Waals surface area contributed by atoms with E-state index in [0.717, 1.165) is 4.47 Å². The fourth-order valence-corrected chi connectivity index (χ4v) is 2.63. The van der Waals surface area contributed by atoms with E-state index in [1.54, 1.807) is 36.4 Å². The van der Waals surface area contributed by atoms with Crippen LogP contribution in [0, 0.1) is 11.3 Å². The first kappa shape index (κ1) is 18.1. The predicted molar refractivity (Wildman–Crippen MR) is 97.4 cm³/mol. The van der Waals surface area contributed by atoms with Crippen molar-refractivity contribution < 1.29 is 9.53 Å². The highest BCUT2D eigenvalue weighted by molar-refractivity contribution is 9.10. The molecule has 2 amide bonds. The van der Waals surface area contributed by atoms with Crippen LogP contribution in [0.1, 0.15) is 12.0 Å². The topological polar surface area (TPSA) is 74.2 Å². The lowest BCUT2D eigenvalue weighted by Crippen LogP contribution is -2.30. The number of ether oxygens (including phenoxy) is 1. The Hall–Kier alpha value is -2.23. The number of para-hydroxylation sites is 1. The molecule has 0 aliphatic heterocycles.